The summed E-state index contributed by atoms with van der Waals surface area (Å²) in [5.74, 6) is 0.201. The Balaban J connectivity index is 1.70. The van der Waals surface area contributed by atoms with Crippen molar-refractivity contribution in [2.45, 2.75) is 25.3 Å². The van der Waals surface area contributed by atoms with E-state index in [0.717, 1.165) is 6.54 Å². The van der Waals surface area contributed by atoms with Gasteiger partial charge in [-0.25, -0.2) is 0 Å². The van der Waals surface area contributed by atoms with Crippen LogP contribution in [0.5, 0.6) is 5.75 Å². The van der Waals surface area contributed by atoms with E-state index in [0.29, 0.717) is 18.2 Å². The summed E-state index contributed by atoms with van der Waals surface area (Å²) in [4.78, 5) is 11.5. The zero-order valence-electron chi connectivity index (χ0n) is 9.07. The van der Waals surface area contributed by atoms with Crippen molar-refractivity contribution in [2.24, 2.45) is 0 Å². The first kappa shape index (κ1) is 11.0. The number of hydrogen-bond acceptors (Lipinski definition) is 3. The number of hydrogen-bond donors (Lipinski definition) is 3. The van der Waals surface area contributed by atoms with E-state index in [2.05, 4.69) is 10.6 Å². The summed E-state index contributed by atoms with van der Waals surface area (Å²) in [5, 5.41) is 15.1. The summed E-state index contributed by atoms with van der Waals surface area (Å²) in [6, 6.07) is 7.11. The van der Waals surface area contributed by atoms with Gasteiger partial charge in [0, 0.05) is 24.7 Å². The Morgan fingerprint density at radius 1 is 1.31 bits per heavy atom. The van der Waals surface area contributed by atoms with Crippen LogP contribution in [0.3, 0.4) is 0 Å². The lowest BCUT2D eigenvalue weighted by Gasteiger charge is -2.05. The molecule has 0 bridgehead atoms. The number of benzene rings is 1. The molecule has 1 aliphatic rings. The maximum atomic E-state index is 11.5. The maximum Gasteiger partial charge on any atom is 0.225 e. The number of carbonyl (C=O) groups is 1. The van der Waals surface area contributed by atoms with E-state index < -0.39 is 0 Å². The summed E-state index contributed by atoms with van der Waals surface area (Å²) in [6.07, 6.45) is 2.95. The Morgan fingerprint density at radius 3 is 2.62 bits per heavy atom. The molecule has 0 saturated heterocycles. The lowest BCUT2D eigenvalue weighted by Crippen LogP contribution is -2.23. The fourth-order valence-electron chi connectivity index (χ4n) is 1.45. The number of rotatable bonds is 5. The number of nitrogens with one attached hydrogen (secondary N) is 2. The highest BCUT2D eigenvalue weighted by Crippen LogP contribution is 2.18. The highest BCUT2D eigenvalue weighted by molar-refractivity contribution is 5.90. The van der Waals surface area contributed by atoms with Crippen molar-refractivity contribution in [1.82, 2.24) is 5.32 Å². The Bertz CT molecular complexity index is 358. The first-order valence-electron chi connectivity index (χ1n) is 5.56. The molecule has 0 aromatic heterocycles. The normalized spacial score (nSPS) is 14.8. The Hall–Kier alpha value is -1.55. The van der Waals surface area contributed by atoms with Crippen LogP contribution in [0.1, 0.15) is 19.3 Å². The summed E-state index contributed by atoms with van der Waals surface area (Å²) in [7, 11) is 0. The minimum atomic E-state index is -0.00107. The molecule has 86 valence electrons. The van der Waals surface area contributed by atoms with E-state index >= 15 is 0 Å². The second-order valence-corrected chi connectivity index (χ2v) is 4.07. The van der Waals surface area contributed by atoms with E-state index in [-0.39, 0.29) is 11.7 Å². The second-order valence-electron chi connectivity index (χ2n) is 4.07. The van der Waals surface area contributed by atoms with Crippen molar-refractivity contribution in [3.8, 4) is 5.75 Å². The van der Waals surface area contributed by atoms with Crippen molar-refractivity contribution in [3.05, 3.63) is 24.3 Å². The molecule has 0 heterocycles. The van der Waals surface area contributed by atoms with Gasteiger partial charge in [-0.05, 0) is 37.1 Å². The first-order valence-corrected chi connectivity index (χ1v) is 5.56. The van der Waals surface area contributed by atoms with Crippen LogP contribution < -0.4 is 10.6 Å². The zero-order chi connectivity index (χ0) is 11.4. The van der Waals surface area contributed by atoms with Crippen molar-refractivity contribution >= 4 is 11.6 Å². The molecule has 16 heavy (non-hydrogen) atoms. The van der Waals surface area contributed by atoms with Gasteiger partial charge in [-0.1, -0.05) is 0 Å². The highest BCUT2D eigenvalue weighted by Gasteiger charge is 2.19. The molecule has 0 atom stereocenters. The molecule has 1 aliphatic carbocycles. The predicted octanol–water partition coefficient (Wildman–Crippen LogP) is 1.47. The minimum Gasteiger partial charge on any atom is -0.508 e. The molecule has 0 unspecified atom stereocenters. The Morgan fingerprint density at radius 2 is 2.00 bits per heavy atom. The molecule has 0 aliphatic heterocycles. The number of phenolic OH excluding ortho intramolecular Hbond substituents is 1. The lowest BCUT2D eigenvalue weighted by atomic mass is 10.3. The van der Waals surface area contributed by atoms with Crippen LogP contribution in [-0.4, -0.2) is 23.6 Å². The van der Waals surface area contributed by atoms with Gasteiger partial charge in [0.25, 0.3) is 0 Å². The standard InChI is InChI=1S/C12H16N2O2/c15-11-5-3-10(4-6-11)14-12(16)7-8-13-9-1-2-9/h3-6,9,13,15H,1-2,7-8H2,(H,14,16). The molecule has 1 fully saturated rings. The van der Waals surface area contributed by atoms with Crippen LogP contribution in [0, 0.1) is 0 Å². The largest absolute Gasteiger partial charge is 0.508 e. The number of amides is 1. The SMILES string of the molecule is O=C(CCNC1CC1)Nc1ccc(O)cc1. The van der Waals surface area contributed by atoms with Gasteiger partial charge in [-0.3, -0.25) is 4.79 Å². The Labute approximate surface area is 94.7 Å². The molecule has 4 nitrogen and oxygen atoms in total. The van der Waals surface area contributed by atoms with Crippen molar-refractivity contribution in [2.75, 3.05) is 11.9 Å². The molecule has 1 aromatic carbocycles. The molecule has 0 radical (unpaired) electrons. The van der Waals surface area contributed by atoms with Crippen LogP contribution in [0.25, 0.3) is 0 Å². The minimum absolute atomic E-state index is 0.00107. The number of carbonyl (C=O) groups excluding carboxylic acids is 1. The van der Waals surface area contributed by atoms with Crippen LogP contribution in [0.4, 0.5) is 5.69 Å². The van der Waals surface area contributed by atoms with Gasteiger partial charge in [0.05, 0.1) is 0 Å². The third-order valence-electron chi connectivity index (χ3n) is 2.51. The third kappa shape index (κ3) is 3.55. The molecule has 0 spiro atoms. The van der Waals surface area contributed by atoms with Gasteiger partial charge in [0.1, 0.15) is 5.75 Å². The monoisotopic (exact) mass is 220 g/mol. The van der Waals surface area contributed by atoms with Gasteiger partial charge in [-0.15, -0.1) is 0 Å². The molecule has 4 heteroatoms. The van der Waals surface area contributed by atoms with Crippen molar-refractivity contribution < 1.29 is 9.90 Å². The average Bonchev–Trinajstić information content (AvgIpc) is 3.05. The molecular formula is C12H16N2O2. The van der Waals surface area contributed by atoms with Crippen LogP contribution in [0.15, 0.2) is 24.3 Å². The number of aromatic hydroxyl groups is 1. The first-order chi connectivity index (χ1) is 7.74. The van der Waals surface area contributed by atoms with Gasteiger partial charge < -0.3 is 15.7 Å². The van der Waals surface area contributed by atoms with Crippen molar-refractivity contribution in [1.29, 1.82) is 0 Å². The quantitative estimate of drug-likeness (QED) is 0.658. The Kier molecular flexibility index (Phi) is 3.41. The summed E-state index contributed by atoms with van der Waals surface area (Å²) in [5.41, 5.74) is 0.717. The number of phenols is 1. The summed E-state index contributed by atoms with van der Waals surface area (Å²) < 4.78 is 0. The van der Waals surface area contributed by atoms with Crippen LogP contribution in [-0.2, 0) is 4.79 Å². The zero-order valence-corrected chi connectivity index (χ0v) is 9.07. The fourth-order valence-corrected chi connectivity index (χ4v) is 1.45. The predicted molar refractivity (Wildman–Crippen MR) is 62.4 cm³/mol. The van der Waals surface area contributed by atoms with Crippen LogP contribution in [0.2, 0.25) is 0 Å². The smallest absolute Gasteiger partial charge is 0.225 e. The highest BCUT2D eigenvalue weighted by atomic mass is 16.3. The van der Waals surface area contributed by atoms with E-state index in [4.69, 9.17) is 5.11 Å². The summed E-state index contributed by atoms with van der Waals surface area (Å²) >= 11 is 0. The van der Waals surface area contributed by atoms with E-state index in [1.54, 1.807) is 24.3 Å². The average molecular weight is 220 g/mol. The molecule has 1 saturated carbocycles. The summed E-state index contributed by atoms with van der Waals surface area (Å²) in [6.45, 7) is 0.731. The molecular weight excluding hydrogens is 204 g/mol. The van der Waals surface area contributed by atoms with Gasteiger partial charge >= 0.3 is 0 Å². The lowest BCUT2D eigenvalue weighted by molar-refractivity contribution is -0.116. The molecule has 3 N–H and O–H groups in total. The van der Waals surface area contributed by atoms with Gasteiger partial charge in [-0.2, -0.15) is 0 Å². The maximum absolute atomic E-state index is 11.5. The van der Waals surface area contributed by atoms with Crippen molar-refractivity contribution in [3.63, 3.8) is 0 Å². The molecule has 2 rings (SSSR count). The van der Waals surface area contributed by atoms with E-state index in [1.807, 2.05) is 0 Å². The van der Waals surface area contributed by atoms with Gasteiger partial charge in [0.15, 0.2) is 0 Å². The van der Waals surface area contributed by atoms with Gasteiger partial charge in [0.2, 0.25) is 5.91 Å². The fraction of sp³-hybridized carbons (Fsp3) is 0.417. The molecule has 1 aromatic rings. The second kappa shape index (κ2) is 4.99. The third-order valence-corrected chi connectivity index (χ3v) is 2.51. The number of anilines is 1. The topological polar surface area (TPSA) is 61.4 Å². The van der Waals surface area contributed by atoms with E-state index in [9.17, 15) is 4.79 Å². The molecule has 1 amide bonds. The van der Waals surface area contributed by atoms with Crippen LogP contribution >= 0.6 is 0 Å². The van der Waals surface area contributed by atoms with E-state index in [1.165, 1.54) is 12.8 Å².